The number of aromatic hydroxyl groups is 1. The van der Waals surface area contributed by atoms with Crippen LogP contribution in [-0.2, 0) is 6.54 Å². The van der Waals surface area contributed by atoms with Gasteiger partial charge in [-0.25, -0.2) is 4.79 Å². The lowest BCUT2D eigenvalue weighted by Crippen LogP contribution is -2.30. The number of pyridine rings is 1. The molecule has 176 valence electrons. The van der Waals surface area contributed by atoms with Crippen LogP contribution in [0.15, 0.2) is 73.1 Å². The lowest BCUT2D eigenvalue weighted by Gasteiger charge is -2.09. The summed E-state index contributed by atoms with van der Waals surface area (Å²) in [5, 5.41) is 20.8. The number of phenols is 1. The SMILES string of the molecule is Cc1cccc(CNC(=O)n2nc(-c3cc(NC(=O)c4cccnc4)ccc3O)cc2C2CC2)c1. The molecule has 1 fully saturated rings. The molecule has 0 spiro atoms. The normalized spacial score (nSPS) is 12.8. The summed E-state index contributed by atoms with van der Waals surface area (Å²) in [5.74, 6) is -0.0393. The van der Waals surface area contributed by atoms with Crippen molar-refractivity contribution in [2.24, 2.45) is 0 Å². The Balaban J connectivity index is 1.39. The molecule has 0 saturated heterocycles. The second-order valence-electron chi connectivity index (χ2n) is 8.72. The van der Waals surface area contributed by atoms with E-state index in [1.54, 1.807) is 30.5 Å². The fourth-order valence-electron chi connectivity index (χ4n) is 3.95. The number of hydrogen-bond donors (Lipinski definition) is 3. The average Bonchev–Trinajstić information content (AvgIpc) is 3.62. The second-order valence-corrected chi connectivity index (χ2v) is 8.72. The third-order valence-corrected chi connectivity index (χ3v) is 5.91. The van der Waals surface area contributed by atoms with Crippen molar-refractivity contribution < 1.29 is 14.7 Å². The molecule has 2 aromatic heterocycles. The third kappa shape index (κ3) is 5.06. The monoisotopic (exact) mass is 467 g/mol. The van der Waals surface area contributed by atoms with Crippen molar-refractivity contribution in [3.05, 3.63) is 95.4 Å². The van der Waals surface area contributed by atoms with Gasteiger partial charge in [-0.05, 0) is 61.7 Å². The van der Waals surface area contributed by atoms with Gasteiger partial charge < -0.3 is 15.7 Å². The van der Waals surface area contributed by atoms with Crippen LogP contribution in [0.25, 0.3) is 11.3 Å². The van der Waals surface area contributed by atoms with Crippen LogP contribution in [0.3, 0.4) is 0 Å². The highest BCUT2D eigenvalue weighted by molar-refractivity contribution is 6.04. The first-order valence-electron chi connectivity index (χ1n) is 11.5. The van der Waals surface area contributed by atoms with E-state index in [0.717, 1.165) is 29.7 Å². The maximum absolute atomic E-state index is 13.0. The summed E-state index contributed by atoms with van der Waals surface area (Å²) in [6, 6.07) is 17.6. The lowest BCUT2D eigenvalue weighted by molar-refractivity contribution is 0.102. The molecule has 1 saturated carbocycles. The largest absolute Gasteiger partial charge is 0.507 e. The number of carbonyl (C=O) groups excluding carboxylic acids is 2. The van der Waals surface area contributed by atoms with Gasteiger partial charge in [-0.15, -0.1) is 0 Å². The van der Waals surface area contributed by atoms with Crippen LogP contribution < -0.4 is 10.6 Å². The minimum absolute atomic E-state index is 0.0107. The average molecular weight is 468 g/mol. The van der Waals surface area contributed by atoms with Crippen LogP contribution in [0.5, 0.6) is 5.75 Å². The van der Waals surface area contributed by atoms with E-state index in [4.69, 9.17) is 0 Å². The molecular formula is C27H25N5O3. The topological polar surface area (TPSA) is 109 Å². The molecule has 0 radical (unpaired) electrons. The molecule has 2 aromatic carbocycles. The summed E-state index contributed by atoms with van der Waals surface area (Å²) >= 11 is 0. The number of benzene rings is 2. The summed E-state index contributed by atoms with van der Waals surface area (Å²) in [7, 11) is 0. The molecule has 35 heavy (non-hydrogen) atoms. The molecule has 8 heteroatoms. The van der Waals surface area contributed by atoms with E-state index >= 15 is 0 Å². The molecule has 2 amide bonds. The predicted octanol–water partition coefficient (Wildman–Crippen LogP) is 4.85. The Kier molecular flexibility index (Phi) is 6.01. The Hall–Kier alpha value is -4.46. The molecule has 5 rings (SSSR count). The Labute approximate surface area is 202 Å². The molecule has 1 aliphatic carbocycles. The third-order valence-electron chi connectivity index (χ3n) is 5.91. The fourth-order valence-corrected chi connectivity index (χ4v) is 3.95. The molecule has 3 N–H and O–H groups in total. The zero-order valence-electron chi connectivity index (χ0n) is 19.2. The smallest absolute Gasteiger partial charge is 0.342 e. The van der Waals surface area contributed by atoms with Crippen molar-refractivity contribution in [3.8, 4) is 17.0 Å². The molecule has 0 bridgehead atoms. The van der Waals surface area contributed by atoms with Gasteiger partial charge in [0.2, 0.25) is 0 Å². The number of carbonyl (C=O) groups is 2. The number of phenolic OH excluding ortho intramolecular Hbond substituents is 1. The second kappa shape index (κ2) is 9.42. The van der Waals surface area contributed by atoms with E-state index in [1.807, 2.05) is 37.3 Å². The van der Waals surface area contributed by atoms with Crippen molar-refractivity contribution in [3.63, 3.8) is 0 Å². The first-order chi connectivity index (χ1) is 17.0. The highest BCUT2D eigenvalue weighted by Crippen LogP contribution is 2.42. The van der Waals surface area contributed by atoms with Gasteiger partial charge in [0.15, 0.2) is 0 Å². The van der Waals surface area contributed by atoms with Crippen molar-refractivity contribution in [2.75, 3.05) is 5.32 Å². The molecule has 1 aliphatic rings. The fraction of sp³-hybridized carbons (Fsp3) is 0.185. The van der Waals surface area contributed by atoms with Crippen molar-refractivity contribution >= 4 is 17.6 Å². The van der Waals surface area contributed by atoms with Gasteiger partial charge in [-0.2, -0.15) is 9.78 Å². The van der Waals surface area contributed by atoms with Gasteiger partial charge >= 0.3 is 6.03 Å². The number of amides is 2. The highest BCUT2D eigenvalue weighted by Gasteiger charge is 2.30. The number of hydrogen-bond acceptors (Lipinski definition) is 5. The van der Waals surface area contributed by atoms with Crippen LogP contribution in [-0.4, -0.2) is 31.8 Å². The summed E-state index contributed by atoms with van der Waals surface area (Å²) in [5.41, 5.74) is 4.77. The Morgan fingerprint density at radius 3 is 2.69 bits per heavy atom. The van der Waals surface area contributed by atoms with Crippen molar-refractivity contribution in [1.29, 1.82) is 0 Å². The molecule has 0 atom stereocenters. The molecule has 8 nitrogen and oxygen atoms in total. The first kappa shape index (κ1) is 22.3. The molecule has 0 aliphatic heterocycles. The van der Waals surface area contributed by atoms with Gasteiger partial charge in [-0.1, -0.05) is 29.8 Å². The van der Waals surface area contributed by atoms with E-state index in [-0.39, 0.29) is 23.6 Å². The summed E-state index contributed by atoms with van der Waals surface area (Å²) in [6.07, 6.45) is 5.06. The standard InChI is InChI=1S/C27H25N5O3/c1-17-4-2-5-18(12-17)15-29-27(35)32-24(19-7-8-19)14-23(31-32)22-13-21(9-10-25(22)33)30-26(34)20-6-3-11-28-16-20/h2-6,9-14,16,19,33H,7-8,15H2,1H3,(H,29,35)(H,30,34). The number of anilines is 1. The van der Waals surface area contributed by atoms with E-state index < -0.39 is 0 Å². The number of nitrogens with one attached hydrogen (secondary N) is 2. The summed E-state index contributed by atoms with van der Waals surface area (Å²) < 4.78 is 1.39. The Morgan fingerprint density at radius 1 is 1.09 bits per heavy atom. The lowest BCUT2D eigenvalue weighted by atomic mass is 10.1. The zero-order valence-corrected chi connectivity index (χ0v) is 19.2. The van der Waals surface area contributed by atoms with E-state index in [0.29, 0.717) is 29.1 Å². The van der Waals surface area contributed by atoms with Gasteiger partial charge in [0.25, 0.3) is 5.91 Å². The van der Waals surface area contributed by atoms with E-state index in [1.165, 1.54) is 16.9 Å². The number of rotatable bonds is 6. The molecule has 4 aromatic rings. The first-order valence-corrected chi connectivity index (χ1v) is 11.5. The number of aromatic nitrogens is 3. The predicted molar refractivity (Wildman–Crippen MR) is 132 cm³/mol. The minimum Gasteiger partial charge on any atom is -0.507 e. The van der Waals surface area contributed by atoms with Crippen LogP contribution in [0, 0.1) is 6.92 Å². The molecule has 0 unspecified atom stereocenters. The van der Waals surface area contributed by atoms with Crippen LogP contribution in [0.2, 0.25) is 0 Å². The van der Waals surface area contributed by atoms with Crippen molar-refractivity contribution in [2.45, 2.75) is 32.2 Å². The highest BCUT2D eigenvalue weighted by atomic mass is 16.3. The maximum Gasteiger partial charge on any atom is 0.342 e. The van der Waals surface area contributed by atoms with Gasteiger partial charge in [0.05, 0.1) is 17.0 Å². The van der Waals surface area contributed by atoms with Gasteiger partial charge in [0.1, 0.15) is 5.75 Å². The Bertz CT molecular complexity index is 1390. The number of aryl methyl sites for hydroxylation is 1. The quantitative estimate of drug-likeness (QED) is 0.351. The van der Waals surface area contributed by atoms with Gasteiger partial charge in [-0.3, -0.25) is 9.78 Å². The zero-order chi connectivity index (χ0) is 24.4. The number of nitrogens with zero attached hydrogens (tertiary/aromatic N) is 3. The van der Waals surface area contributed by atoms with E-state index in [9.17, 15) is 14.7 Å². The Morgan fingerprint density at radius 2 is 1.94 bits per heavy atom. The van der Waals surface area contributed by atoms with E-state index in [2.05, 4.69) is 20.7 Å². The van der Waals surface area contributed by atoms with Crippen LogP contribution >= 0.6 is 0 Å². The maximum atomic E-state index is 13.0. The molecular weight excluding hydrogens is 442 g/mol. The summed E-state index contributed by atoms with van der Waals surface area (Å²) in [6.45, 7) is 2.40. The minimum atomic E-state index is -0.319. The van der Waals surface area contributed by atoms with Crippen molar-refractivity contribution in [1.82, 2.24) is 20.1 Å². The van der Waals surface area contributed by atoms with Crippen LogP contribution in [0.1, 0.15) is 45.9 Å². The molecule has 2 heterocycles. The summed E-state index contributed by atoms with van der Waals surface area (Å²) in [4.78, 5) is 29.5. The van der Waals surface area contributed by atoms with Crippen LogP contribution in [0.4, 0.5) is 10.5 Å². The van der Waals surface area contributed by atoms with Gasteiger partial charge in [0, 0.05) is 36.1 Å².